The lowest BCUT2D eigenvalue weighted by atomic mass is 10.0. The van der Waals surface area contributed by atoms with Gasteiger partial charge in [-0.3, -0.25) is 14.4 Å². The molecule has 0 unspecified atom stereocenters. The van der Waals surface area contributed by atoms with Crippen molar-refractivity contribution in [1.82, 2.24) is 10.6 Å². The van der Waals surface area contributed by atoms with Crippen LogP contribution in [-0.4, -0.2) is 30.4 Å². The van der Waals surface area contributed by atoms with Gasteiger partial charge in [0, 0.05) is 19.0 Å². The van der Waals surface area contributed by atoms with Crippen molar-refractivity contribution < 1.29 is 19.1 Å². The Morgan fingerprint density at radius 2 is 1.67 bits per heavy atom. The first-order chi connectivity index (χ1) is 12.9. The highest BCUT2D eigenvalue weighted by Crippen LogP contribution is 2.08. The lowest BCUT2D eigenvalue weighted by Gasteiger charge is -2.17. The summed E-state index contributed by atoms with van der Waals surface area (Å²) in [6.45, 7) is 1.19. The van der Waals surface area contributed by atoms with E-state index in [1.807, 2.05) is 30.3 Å². The molecule has 0 fully saturated rings. The molecule has 27 heavy (non-hydrogen) atoms. The predicted octanol–water partition coefficient (Wildman–Crippen LogP) is 1.18. The number of esters is 1. The van der Waals surface area contributed by atoms with Crippen molar-refractivity contribution in [1.29, 1.82) is 0 Å². The minimum atomic E-state index is -0.798. The molecule has 0 spiro atoms. The molecule has 0 saturated heterocycles. The molecule has 0 aromatic heterocycles. The van der Waals surface area contributed by atoms with Crippen molar-refractivity contribution in [2.24, 2.45) is 0 Å². The fourth-order valence-electron chi connectivity index (χ4n) is 2.42. The highest BCUT2D eigenvalue weighted by Gasteiger charge is 2.20. The van der Waals surface area contributed by atoms with Crippen LogP contribution in [0.5, 0.6) is 0 Å². The SMILES string of the molecule is CC(=O)N[C@@H](Cc1ccc(N)cc1)C(=O)NCC(=O)OCc1ccccc1. The number of nitrogen functional groups attached to an aromatic ring is 1. The van der Waals surface area contributed by atoms with Gasteiger partial charge in [0.05, 0.1) is 0 Å². The number of nitrogens with two attached hydrogens (primary N) is 1. The second-order valence-electron chi connectivity index (χ2n) is 6.06. The maximum Gasteiger partial charge on any atom is 0.325 e. The third-order valence-electron chi connectivity index (χ3n) is 3.76. The average molecular weight is 369 g/mol. The molecule has 7 nitrogen and oxygen atoms in total. The summed E-state index contributed by atoms with van der Waals surface area (Å²) in [7, 11) is 0. The molecule has 0 aliphatic rings. The molecular formula is C20H23N3O4. The Hall–Kier alpha value is -3.35. The molecule has 2 aromatic rings. The van der Waals surface area contributed by atoms with E-state index in [2.05, 4.69) is 10.6 Å². The summed E-state index contributed by atoms with van der Waals surface area (Å²) in [4.78, 5) is 35.6. The van der Waals surface area contributed by atoms with Gasteiger partial charge in [-0.05, 0) is 23.3 Å². The molecule has 2 rings (SSSR count). The van der Waals surface area contributed by atoms with E-state index in [1.165, 1.54) is 6.92 Å². The van der Waals surface area contributed by atoms with Crippen LogP contribution >= 0.6 is 0 Å². The number of amides is 2. The van der Waals surface area contributed by atoms with Gasteiger partial charge in [-0.2, -0.15) is 0 Å². The Bertz CT molecular complexity index is 776. The number of hydrogen-bond donors (Lipinski definition) is 3. The van der Waals surface area contributed by atoms with Gasteiger partial charge in [0.1, 0.15) is 19.2 Å². The Balaban J connectivity index is 1.85. The molecule has 142 valence electrons. The fraction of sp³-hybridized carbons (Fsp3) is 0.250. The summed E-state index contributed by atoms with van der Waals surface area (Å²) in [6, 6.07) is 15.5. The second kappa shape index (κ2) is 9.96. The number of ether oxygens (including phenoxy) is 1. The molecule has 1 atom stereocenters. The predicted molar refractivity (Wildman–Crippen MR) is 101 cm³/mol. The molecular weight excluding hydrogens is 346 g/mol. The normalized spacial score (nSPS) is 11.3. The van der Waals surface area contributed by atoms with Crippen molar-refractivity contribution in [3.63, 3.8) is 0 Å². The maximum absolute atomic E-state index is 12.4. The Morgan fingerprint density at radius 3 is 2.30 bits per heavy atom. The van der Waals surface area contributed by atoms with Gasteiger partial charge in [-0.1, -0.05) is 42.5 Å². The molecule has 2 aromatic carbocycles. The van der Waals surface area contributed by atoms with Gasteiger partial charge in [-0.25, -0.2) is 0 Å². The third-order valence-corrected chi connectivity index (χ3v) is 3.76. The zero-order valence-electron chi connectivity index (χ0n) is 15.1. The van der Waals surface area contributed by atoms with Crippen molar-refractivity contribution in [3.8, 4) is 0 Å². The number of hydrogen-bond acceptors (Lipinski definition) is 5. The number of carbonyl (C=O) groups is 3. The van der Waals surface area contributed by atoms with Gasteiger partial charge >= 0.3 is 5.97 Å². The van der Waals surface area contributed by atoms with Gasteiger partial charge < -0.3 is 21.1 Å². The van der Waals surface area contributed by atoms with Crippen LogP contribution in [0.25, 0.3) is 0 Å². The topological polar surface area (TPSA) is 111 Å². The number of nitrogens with one attached hydrogen (secondary N) is 2. The van der Waals surface area contributed by atoms with Gasteiger partial charge in [-0.15, -0.1) is 0 Å². The van der Waals surface area contributed by atoms with E-state index in [9.17, 15) is 14.4 Å². The molecule has 0 heterocycles. The number of carbonyl (C=O) groups excluding carboxylic acids is 3. The summed E-state index contributed by atoms with van der Waals surface area (Å²) in [5.74, 6) is -1.35. The minimum absolute atomic E-state index is 0.135. The molecule has 0 saturated carbocycles. The average Bonchev–Trinajstić information content (AvgIpc) is 2.66. The highest BCUT2D eigenvalue weighted by atomic mass is 16.5. The lowest BCUT2D eigenvalue weighted by Crippen LogP contribution is -2.48. The van der Waals surface area contributed by atoms with Crippen LogP contribution in [0.15, 0.2) is 54.6 Å². The van der Waals surface area contributed by atoms with Crippen LogP contribution in [0.1, 0.15) is 18.1 Å². The monoisotopic (exact) mass is 369 g/mol. The molecule has 0 aliphatic heterocycles. The number of benzene rings is 2. The highest BCUT2D eigenvalue weighted by molar-refractivity contribution is 5.89. The first-order valence-corrected chi connectivity index (χ1v) is 8.53. The Labute approximate surface area is 157 Å². The summed E-state index contributed by atoms with van der Waals surface area (Å²) >= 11 is 0. The maximum atomic E-state index is 12.4. The van der Waals surface area contributed by atoms with E-state index >= 15 is 0 Å². The third kappa shape index (κ3) is 7.19. The molecule has 0 aliphatic carbocycles. The molecule has 7 heteroatoms. The lowest BCUT2D eigenvalue weighted by molar-refractivity contribution is -0.145. The minimum Gasteiger partial charge on any atom is -0.460 e. The zero-order valence-corrected chi connectivity index (χ0v) is 15.1. The van der Waals surface area contributed by atoms with Crippen LogP contribution in [0.3, 0.4) is 0 Å². The van der Waals surface area contributed by atoms with E-state index < -0.39 is 17.9 Å². The van der Waals surface area contributed by atoms with Crippen molar-refractivity contribution in [2.75, 3.05) is 12.3 Å². The first kappa shape index (κ1) is 20.0. The summed E-state index contributed by atoms with van der Waals surface area (Å²) in [5.41, 5.74) is 7.96. The van der Waals surface area contributed by atoms with Gasteiger partial charge in [0.25, 0.3) is 0 Å². The van der Waals surface area contributed by atoms with Crippen LogP contribution in [0, 0.1) is 0 Å². The smallest absolute Gasteiger partial charge is 0.325 e. The van der Waals surface area contributed by atoms with E-state index in [4.69, 9.17) is 10.5 Å². The van der Waals surface area contributed by atoms with Gasteiger partial charge in [0.15, 0.2) is 0 Å². The fourth-order valence-corrected chi connectivity index (χ4v) is 2.42. The van der Waals surface area contributed by atoms with Crippen LogP contribution in [-0.2, 0) is 32.1 Å². The van der Waals surface area contributed by atoms with Crippen LogP contribution in [0.4, 0.5) is 5.69 Å². The van der Waals surface area contributed by atoms with E-state index in [0.717, 1.165) is 11.1 Å². The van der Waals surface area contributed by atoms with Crippen LogP contribution in [0.2, 0.25) is 0 Å². The van der Waals surface area contributed by atoms with Crippen molar-refractivity contribution in [3.05, 3.63) is 65.7 Å². The standard InChI is InChI=1S/C20H23N3O4/c1-14(24)23-18(11-15-7-9-17(21)10-8-15)20(26)22-12-19(25)27-13-16-5-3-2-4-6-16/h2-10,18H,11-13,21H2,1H3,(H,22,26)(H,23,24)/t18-/m0/s1. The molecule has 2 amide bonds. The molecule has 0 radical (unpaired) electrons. The summed E-state index contributed by atoms with van der Waals surface area (Å²) in [6.07, 6.45) is 0.282. The van der Waals surface area contributed by atoms with Crippen LogP contribution < -0.4 is 16.4 Å². The largest absolute Gasteiger partial charge is 0.460 e. The van der Waals surface area contributed by atoms with Crippen molar-refractivity contribution in [2.45, 2.75) is 26.0 Å². The Morgan fingerprint density at radius 1 is 1.00 bits per heavy atom. The van der Waals surface area contributed by atoms with E-state index in [1.54, 1.807) is 24.3 Å². The van der Waals surface area contributed by atoms with E-state index in [-0.39, 0.29) is 25.5 Å². The summed E-state index contributed by atoms with van der Waals surface area (Å²) in [5, 5.41) is 5.09. The molecule has 0 bridgehead atoms. The quantitative estimate of drug-likeness (QED) is 0.478. The van der Waals surface area contributed by atoms with Gasteiger partial charge in [0.2, 0.25) is 11.8 Å². The van der Waals surface area contributed by atoms with Crippen molar-refractivity contribution >= 4 is 23.5 Å². The first-order valence-electron chi connectivity index (χ1n) is 8.53. The number of anilines is 1. The Kier molecular flexibility index (Phi) is 7.37. The second-order valence-corrected chi connectivity index (χ2v) is 6.06. The van der Waals surface area contributed by atoms with E-state index in [0.29, 0.717) is 5.69 Å². The number of rotatable bonds is 8. The molecule has 4 N–H and O–H groups in total. The zero-order chi connectivity index (χ0) is 19.6. The summed E-state index contributed by atoms with van der Waals surface area (Å²) < 4.78 is 5.12.